The number of rotatable bonds is 5. The molecule has 274 valence electrons. The highest BCUT2D eigenvalue weighted by molar-refractivity contribution is 6.12. The molecule has 58 heavy (non-hydrogen) atoms. The second kappa shape index (κ2) is 12.3. The van der Waals surface area contributed by atoms with E-state index in [1.54, 1.807) is 0 Å². The van der Waals surface area contributed by atoms with Crippen LogP contribution in [-0.2, 0) is 5.41 Å². The summed E-state index contributed by atoms with van der Waals surface area (Å²) in [6, 6.07) is 67.8. The second-order valence-electron chi connectivity index (χ2n) is 16.0. The van der Waals surface area contributed by atoms with Crippen molar-refractivity contribution >= 4 is 71.5 Å². The molecule has 0 amide bonds. The van der Waals surface area contributed by atoms with E-state index in [0.29, 0.717) is 5.89 Å². The van der Waals surface area contributed by atoms with Gasteiger partial charge in [-0.1, -0.05) is 105 Å². The quantitative estimate of drug-likeness (QED) is 0.176. The van der Waals surface area contributed by atoms with E-state index in [1.807, 2.05) is 30.3 Å². The van der Waals surface area contributed by atoms with Crippen LogP contribution in [0.2, 0.25) is 0 Å². The molecule has 4 heteroatoms. The third-order valence-electron chi connectivity index (χ3n) is 12.3. The first-order valence-electron chi connectivity index (χ1n) is 20.0. The molecule has 4 nitrogen and oxygen atoms in total. The maximum absolute atomic E-state index is 6.49. The van der Waals surface area contributed by atoms with E-state index < -0.39 is 0 Å². The first-order chi connectivity index (χ1) is 28.5. The molecule has 0 atom stereocenters. The third-order valence-corrected chi connectivity index (χ3v) is 12.3. The van der Waals surface area contributed by atoms with E-state index in [0.717, 1.165) is 44.8 Å². The Labute approximate surface area is 335 Å². The number of nitrogens with zero attached hydrogens (tertiary/aromatic N) is 3. The van der Waals surface area contributed by atoms with E-state index in [4.69, 9.17) is 9.40 Å². The van der Waals surface area contributed by atoms with Crippen molar-refractivity contribution in [2.45, 2.75) is 19.3 Å². The largest absolute Gasteiger partial charge is 0.435 e. The van der Waals surface area contributed by atoms with Crippen molar-refractivity contribution in [1.29, 1.82) is 0 Å². The average Bonchev–Trinajstić information content (AvgIpc) is 3.93. The number of benzene rings is 9. The molecule has 1 aliphatic rings. The Morgan fingerprint density at radius 3 is 2.02 bits per heavy atom. The Morgan fingerprint density at radius 2 is 1.19 bits per heavy atom. The lowest BCUT2D eigenvalue weighted by atomic mass is 9.79. The maximum atomic E-state index is 6.49. The van der Waals surface area contributed by atoms with Gasteiger partial charge in [-0.3, -0.25) is 0 Å². The third kappa shape index (κ3) is 4.78. The molecule has 0 unspecified atom stereocenters. The van der Waals surface area contributed by atoms with Crippen molar-refractivity contribution in [3.8, 4) is 28.3 Å². The van der Waals surface area contributed by atoms with Gasteiger partial charge in [0.05, 0.1) is 11.0 Å². The summed E-state index contributed by atoms with van der Waals surface area (Å²) in [7, 11) is 0. The van der Waals surface area contributed by atoms with Crippen molar-refractivity contribution < 1.29 is 4.42 Å². The van der Waals surface area contributed by atoms with Gasteiger partial charge < -0.3 is 13.9 Å². The summed E-state index contributed by atoms with van der Waals surface area (Å²) in [6.07, 6.45) is 0. The number of para-hydroxylation sites is 3. The lowest BCUT2D eigenvalue weighted by molar-refractivity contribution is 0.623. The zero-order valence-electron chi connectivity index (χ0n) is 32.1. The molecule has 0 bridgehead atoms. The number of hydrogen-bond acceptors (Lipinski definition) is 3. The van der Waals surface area contributed by atoms with Crippen molar-refractivity contribution in [1.82, 2.24) is 9.55 Å². The number of hydrogen-bond donors (Lipinski definition) is 0. The van der Waals surface area contributed by atoms with Crippen LogP contribution < -0.4 is 4.90 Å². The van der Waals surface area contributed by atoms with Gasteiger partial charge >= 0.3 is 0 Å². The van der Waals surface area contributed by atoms with Gasteiger partial charge in [0.1, 0.15) is 5.52 Å². The summed E-state index contributed by atoms with van der Waals surface area (Å²) in [4.78, 5) is 7.27. The zero-order chi connectivity index (χ0) is 38.5. The predicted molar refractivity (Wildman–Crippen MR) is 241 cm³/mol. The maximum Gasteiger partial charge on any atom is 0.227 e. The fraction of sp³-hybridized carbons (Fsp3) is 0.0556. The summed E-state index contributed by atoms with van der Waals surface area (Å²) in [6.45, 7) is 4.73. The fourth-order valence-electron chi connectivity index (χ4n) is 9.67. The highest BCUT2D eigenvalue weighted by Gasteiger charge is 2.37. The van der Waals surface area contributed by atoms with Gasteiger partial charge in [-0.25, -0.2) is 4.98 Å². The van der Waals surface area contributed by atoms with Crippen LogP contribution in [0.1, 0.15) is 25.0 Å². The minimum absolute atomic E-state index is 0.235. The van der Waals surface area contributed by atoms with E-state index in [-0.39, 0.29) is 5.41 Å². The monoisotopic (exact) mass is 743 g/mol. The zero-order valence-corrected chi connectivity index (χ0v) is 32.1. The van der Waals surface area contributed by atoms with Crippen LogP contribution in [0.4, 0.5) is 17.1 Å². The van der Waals surface area contributed by atoms with Gasteiger partial charge in [-0.05, 0) is 135 Å². The Morgan fingerprint density at radius 1 is 0.500 bits per heavy atom. The molecule has 0 fully saturated rings. The van der Waals surface area contributed by atoms with Crippen molar-refractivity contribution in [2.75, 3.05) is 4.90 Å². The molecule has 0 aliphatic heterocycles. The molecular weight excluding hydrogens is 707 g/mol. The standard InChI is InChI=1S/C54H37N3O/c1-54(2)47-32-36-30-39(23-22-35(36)31-45(47)43-25-26-44-42(51(43)54)27-28-48-52(44)58-53(55-48)34-14-6-3-7-15-34)56(37-16-8-4-9-17-37)40-24-29-50-46(33-40)41-20-12-13-21-49(41)57(50)38-18-10-5-11-19-38/h3-33H,1-2H3. The van der Waals surface area contributed by atoms with Gasteiger partial charge in [-0.2, -0.15) is 0 Å². The van der Waals surface area contributed by atoms with Crippen molar-refractivity contribution in [3.05, 3.63) is 199 Å². The van der Waals surface area contributed by atoms with Crippen LogP contribution in [0.25, 0.3) is 82.7 Å². The number of oxazole rings is 1. The molecule has 2 heterocycles. The Balaban J connectivity index is 0.997. The fourth-order valence-corrected chi connectivity index (χ4v) is 9.67. The minimum Gasteiger partial charge on any atom is -0.435 e. The summed E-state index contributed by atoms with van der Waals surface area (Å²) >= 11 is 0. The number of anilines is 3. The Hall–Kier alpha value is -7.43. The van der Waals surface area contributed by atoms with E-state index >= 15 is 0 Å². The van der Waals surface area contributed by atoms with E-state index in [9.17, 15) is 0 Å². The van der Waals surface area contributed by atoms with Gasteiger partial charge in [0.2, 0.25) is 5.89 Å². The molecule has 12 rings (SSSR count). The topological polar surface area (TPSA) is 34.2 Å². The smallest absolute Gasteiger partial charge is 0.227 e. The van der Waals surface area contributed by atoms with Crippen molar-refractivity contribution in [2.24, 2.45) is 0 Å². The van der Waals surface area contributed by atoms with E-state index in [1.165, 1.54) is 60.2 Å². The van der Waals surface area contributed by atoms with Gasteiger partial charge in [-0.15, -0.1) is 0 Å². The summed E-state index contributed by atoms with van der Waals surface area (Å²) in [5, 5.41) is 7.21. The number of aromatic nitrogens is 2. The summed E-state index contributed by atoms with van der Waals surface area (Å²) < 4.78 is 8.87. The molecule has 2 aromatic heterocycles. The first-order valence-corrected chi connectivity index (χ1v) is 20.0. The highest BCUT2D eigenvalue weighted by Crippen LogP contribution is 2.53. The minimum atomic E-state index is -0.235. The molecule has 0 saturated heterocycles. The molecule has 1 aliphatic carbocycles. The SMILES string of the molecule is CC1(C)c2cc3cc(N(c4ccccc4)c4ccc5c(c4)c4ccccc4n5-c4ccccc4)ccc3cc2-c2ccc3c(ccc4nc(-c5ccccc5)oc43)c21. The molecular formula is C54H37N3O. The predicted octanol–water partition coefficient (Wildman–Crippen LogP) is 14.7. The molecule has 0 saturated carbocycles. The lowest BCUT2D eigenvalue weighted by Crippen LogP contribution is -2.15. The highest BCUT2D eigenvalue weighted by atomic mass is 16.3. The van der Waals surface area contributed by atoms with Crippen LogP contribution in [-0.4, -0.2) is 9.55 Å². The van der Waals surface area contributed by atoms with Crippen LogP contribution in [0.5, 0.6) is 0 Å². The lowest BCUT2D eigenvalue weighted by Gasteiger charge is -2.26. The summed E-state index contributed by atoms with van der Waals surface area (Å²) in [5.74, 6) is 0.650. The molecule has 9 aromatic carbocycles. The Kier molecular flexibility index (Phi) is 6.94. The first kappa shape index (κ1) is 32.8. The Bertz CT molecular complexity index is 3420. The normalized spacial score (nSPS) is 13.1. The number of fused-ring (bicyclic) bond motifs is 11. The van der Waals surface area contributed by atoms with Crippen LogP contribution >= 0.6 is 0 Å². The molecule has 11 aromatic rings. The average molecular weight is 744 g/mol. The van der Waals surface area contributed by atoms with Crippen LogP contribution in [0.3, 0.4) is 0 Å². The molecule has 0 N–H and O–H groups in total. The van der Waals surface area contributed by atoms with E-state index in [2.05, 4.69) is 181 Å². The molecule has 0 radical (unpaired) electrons. The summed E-state index contributed by atoms with van der Waals surface area (Å²) in [5.41, 5.74) is 14.6. The van der Waals surface area contributed by atoms with Gasteiger partial charge in [0.25, 0.3) is 0 Å². The van der Waals surface area contributed by atoms with Crippen LogP contribution in [0.15, 0.2) is 192 Å². The second-order valence-corrected chi connectivity index (χ2v) is 16.0. The van der Waals surface area contributed by atoms with Crippen molar-refractivity contribution in [3.63, 3.8) is 0 Å². The van der Waals surface area contributed by atoms with Crippen LogP contribution in [0, 0.1) is 0 Å². The molecule has 0 spiro atoms. The van der Waals surface area contributed by atoms with Gasteiger partial charge in [0.15, 0.2) is 5.58 Å². The van der Waals surface area contributed by atoms with Gasteiger partial charge in [0, 0.05) is 49.9 Å².